The molecule has 9 nitrogen and oxygen atoms in total. The van der Waals surface area contributed by atoms with Gasteiger partial charge in [-0.3, -0.25) is 14.6 Å². The van der Waals surface area contributed by atoms with Gasteiger partial charge in [-0.1, -0.05) is 23.5 Å². The zero-order valence-corrected chi connectivity index (χ0v) is 27.1. The molecule has 2 aromatic heterocycles. The Bertz CT molecular complexity index is 1620. The second kappa shape index (κ2) is 11.7. The molecule has 2 aliphatic rings. The molecule has 2 aromatic carbocycles. The van der Waals surface area contributed by atoms with Crippen LogP contribution in [0.4, 0.5) is 4.79 Å². The number of rotatable bonds is 7. The van der Waals surface area contributed by atoms with Gasteiger partial charge in [-0.25, -0.2) is 9.78 Å². The number of carbonyl (C=O) groups excluding carboxylic acids is 2. The maximum Gasteiger partial charge on any atom is 0.411 e. The van der Waals surface area contributed by atoms with Crippen molar-refractivity contribution in [3.05, 3.63) is 54.3 Å². The molecule has 0 radical (unpaired) electrons. The van der Waals surface area contributed by atoms with Crippen molar-refractivity contribution in [2.24, 2.45) is 0 Å². The number of piperidine rings is 1. The van der Waals surface area contributed by atoms with E-state index >= 15 is 0 Å². The standard InChI is InChI=1S/C34H41N3O6S/c1-33(2,3)42-30(38)20-37(32(39)43-34(4,5)6)24-16-22-12-13-23(17-24)36(22)19-26-15-21-11-14-25(18-28(21)40-26)41-31-35-27-9-7-8-10-29(27)44-31/h7-11,14-15,18,22-24H,12-13,16-17,19-20H2,1-6H3/t22-,23+,24?. The number of carbonyl (C=O) groups is 2. The average molecular weight is 620 g/mol. The molecule has 0 spiro atoms. The molecule has 2 aliphatic heterocycles. The van der Waals surface area contributed by atoms with Crippen LogP contribution in [0, 0.1) is 0 Å². The number of ether oxygens (including phenoxy) is 3. The number of benzene rings is 2. The molecular weight excluding hydrogens is 578 g/mol. The third-order valence-corrected chi connectivity index (χ3v) is 8.92. The minimum absolute atomic E-state index is 0.107. The van der Waals surface area contributed by atoms with Gasteiger partial charge in [0.2, 0.25) is 0 Å². The second-order valence-corrected chi connectivity index (χ2v) is 14.8. The van der Waals surface area contributed by atoms with Gasteiger partial charge in [0.1, 0.15) is 34.8 Å². The first kappa shape index (κ1) is 30.4. The number of aromatic nitrogens is 1. The molecule has 2 bridgehead atoms. The van der Waals surface area contributed by atoms with E-state index in [-0.39, 0.29) is 24.7 Å². The number of hydrogen-bond acceptors (Lipinski definition) is 9. The van der Waals surface area contributed by atoms with Crippen LogP contribution in [-0.4, -0.2) is 62.7 Å². The quantitative estimate of drug-likeness (QED) is 0.193. The summed E-state index contributed by atoms with van der Waals surface area (Å²) in [7, 11) is 0. The average Bonchev–Trinajstić information content (AvgIpc) is 3.57. The lowest BCUT2D eigenvalue weighted by atomic mass is 9.95. The molecule has 1 unspecified atom stereocenters. The highest BCUT2D eigenvalue weighted by atomic mass is 32.1. The second-order valence-electron chi connectivity index (χ2n) is 13.8. The first-order valence-electron chi connectivity index (χ1n) is 15.3. The Balaban J connectivity index is 1.14. The lowest BCUT2D eigenvalue weighted by molar-refractivity contribution is -0.157. The van der Waals surface area contributed by atoms with Crippen molar-refractivity contribution in [1.82, 2.24) is 14.8 Å². The molecule has 6 rings (SSSR count). The van der Waals surface area contributed by atoms with Gasteiger partial charge in [0, 0.05) is 29.6 Å². The van der Waals surface area contributed by atoms with Crippen LogP contribution in [-0.2, 0) is 20.8 Å². The van der Waals surface area contributed by atoms with Crippen LogP contribution in [0.1, 0.15) is 73.0 Å². The van der Waals surface area contributed by atoms with Gasteiger partial charge in [0.25, 0.3) is 5.19 Å². The zero-order chi connectivity index (χ0) is 31.2. The summed E-state index contributed by atoms with van der Waals surface area (Å²) in [5.41, 5.74) is 0.401. The summed E-state index contributed by atoms with van der Waals surface area (Å²) in [4.78, 5) is 34.8. The Labute approximate surface area is 262 Å². The van der Waals surface area contributed by atoms with Crippen LogP contribution in [0.3, 0.4) is 0 Å². The predicted molar refractivity (Wildman–Crippen MR) is 170 cm³/mol. The highest BCUT2D eigenvalue weighted by Crippen LogP contribution is 2.40. The van der Waals surface area contributed by atoms with Crippen molar-refractivity contribution in [1.29, 1.82) is 0 Å². The van der Waals surface area contributed by atoms with Crippen LogP contribution in [0.25, 0.3) is 21.2 Å². The Morgan fingerprint density at radius 3 is 2.36 bits per heavy atom. The Kier molecular flexibility index (Phi) is 8.09. The van der Waals surface area contributed by atoms with Crippen molar-refractivity contribution < 1.29 is 28.2 Å². The fourth-order valence-corrected chi connectivity index (χ4v) is 7.15. The molecule has 4 heterocycles. The molecule has 1 amide bonds. The number of furan rings is 1. The summed E-state index contributed by atoms with van der Waals surface area (Å²) in [6.07, 6.45) is 3.13. The van der Waals surface area contributed by atoms with Crippen LogP contribution in [0.5, 0.6) is 10.9 Å². The largest absolute Gasteiger partial charge is 0.460 e. The Morgan fingerprint density at radius 1 is 0.977 bits per heavy atom. The SMILES string of the molecule is CC(C)(C)OC(=O)CN(C(=O)OC(C)(C)C)C1C[C@H]2CC[C@@H](C1)N2Cc1cc2ccc(Oc3nc4ccccc4s3)cc2o1. The molecule has 44 heavy (non-hydrogen) atoms. The topological polar surface area (TPSA) is 94.3 Å². The molecular formula is C34H41N3O6S. The van der Waals surface area contributed by atoms with E-state index in [2.05, 4.69) is 16.0 Å². The summed E-state index contributed by atoms with van der Waals surface area (Å²) in [5, 5.41) is 1.62. The van der Waals surface area contributed by atoms with E-state index in [0.717, 1.165) is 52.6 Å². The van der Waals surface area contributed by atoms with Gasteiger partial charge >= 0.3 is 12.1 Å². The van der Waals surface area contributed by atoms with E-state index in [4.69, 9.17) is 18.6 Å². The summed E-state index contributed by atoms with van der Waals surface area (Å²) >= 11 is 1.52. The summed E-state index contributed by atoms with van der Waals surface area (Å²) < 4.78 is 24.8. The number of para-hydroxylation sites is 1. The minimum Gasteiger partial charge on any atom is -0.460 e. The number of hydrogen-bond donors (Lipinski definition) is 0. The van der Waals surface area contributed by atoms with Crippen LogP contribution in [0.15, 0.2) is 52.9 Å². The number of esters is 1. The highest BCUT2D eigenvalue weighted by Gasteiger charge is 2.45. The fraction of sp³-hybridized carbons (Fsp3) is 0.500. The number of fused-ring (bicyclic) bond motifs is 4. The van der Waals surface area contributed by atoms with Crippen molar-refractivity contribution in [2.75, 3.05) is 6.54 Å². The van der Waals surface area contributed by atoms with Crippen molar-refractivity contribution >= 4 is 44.6 Å². The lowest BCUT2D eigenvalue weighted by Crippen LogP contribution is -2.54. The minimum atomic E-state index is -0.663. The van der Waals surface area contributed by atoms with Crippen LogP contribution >= 0.6 is 11.3 Å². The van der Waals surface area contributed by atoms with Crippen molar-refractivity contribution in [3.8, 4) is 10.9 Å². The molecule has 2 fully saturated rings. The molecule has 10 heteroatoms. The molecule has 0 N–H and O–H groups in total. The predicted octanol–water partition coefficient (Wildman–Crippen LogP) is 7.91. The van der Waals surface area contributed by atoms with E-state index in [1.54, 1.807) is 4.90 Å². The van der Waals surface area contributed by atoms with Crippen molar-refractivity contribution in [2.45, 2.75) is 103 Å². The van der Waals surface area contributed by atoms with E-state index in [1.165, 1.54) is 11.3 Å². The Hall–Kier alpha value is -3.63. The first-order valence-corrected chi connectivity index (χ1v) is 16.1. The van der Waals surface area contributed by atoms with Crippen LogP contribution in [0.2, 0.25) is 0 Å². The highest BCUT2D eigenvalue weighted by molar-refractivity contribution is 7.20. The molecule has 0 saturated carbocycles. The third kappa shape index (κ3) is 7.02. The maximum absolute atomic E-state index is 13.3. The van der Waals surface area contributed by atoms with Gasteiger partial charge in [-0.2, -0.15) is 0 Å². The first-order chi connectivity index (χ1) is 20.8. The van der Waals surface area contributed by atoms with Gasteiger partial charge in [0.15, 0.2) is 0 Å². The van der Waals surface area contributed by atoms with E-state index in [0.29, 0.717) is 17.5 Å². The molecule has 3 atom stereocenters. The van der Waals surface area contributed by atoms with Gasteiger partial charge in [-0.15, -0.1) is 0 Å². The molecule has 234 valence electrons. The fourth-order valence-electron chi connectivity index (χ4n) is 6.32. The zero-order valence-electron chi connectivity index (χ0n) is 26.3. The third-order valence-electron chi connectivity index (χ3n) is 8.01. The van der Waals surface area contributed by atoms with Crippen LogP contribution < -0.4 is 4.74 Å². The van der Waals surface area contributed by atoms with E-state index < -0.39 is 23.3 Å². The number of thiazole rings is 1. The molecule has 4 aromatic rings. The van der Waals surface area contributed by atoms with Gasteiger partial charge in [0.05, 0.1) is 16.8 Å². The van der Waals surface area contributed by atoms with Gasteiger partial charge in [-0.05, 0) is 97.6 Å². The smallest absolute Gasteiger partial charge is 0.411 e. The number of amides is 1. The summed E-state index contributed by atoms with van der Waals surface area (Å²) in [5.74, 6) is 1.16. The molecule has 2 saturated heterocycles. The number of nitrogens with zero attached hydrogens (tertiary/aromatic N) is 3. The van der Waals surface area contributed by atoms with E-state index in [1.807, 2.05) is 84.0 Å². The maximum atomic E-state index is 13.3. The monoisotopic (exact) mass is 619 g/mol. The van der Waals surface area contributed by atoms with Crippen molar-refractivity contribution in [3.63, 3.8) is 0 Å². The summed E-state index contributed by atoms with van der Waals surface area (Å²) in [6.45, 7) is 11.6. The summed E-state index contributed by atoms with van der Waals surface area (Å²) in [6, 6.07) is 16.4. The molecule has 0 aliphatic carbocycles. The van der Waals surface area contributed by atoms with Gasteiger partial charge < -0.3 is 18.6 Å². The Morgan fingerprint density at radius 2 is 1.68 bits per heavy atom. The van der Waals surface area contributed by atoms with E-state index in [9.17, 15) is 9.59 Å². The lowest BCUT2D eigenvalue weighted by Gasteiger charge is -2.43. The normalized spacial score (nSPS) is 20.6.